The maximum atomic E-state index is 12.5. The number of hydrogen-bond acceptors (Lipinski definition) is 5. The van der Waals surface area contributed by atoms with Crippen LogP contribution in [0.1, 0.15) is 26.3 Å². The van der Waals surface area contributed by atoms with Crippen molar-refractivity contribution < 1.29 is 14.3 Å². The smallest absolute Gasteiger partial charge is 0.266 e. The molecule has 1 saturated heterocycles. The molecule has 1 aliphatic rings. The van der Waals surface area contributed by atoms with E-state index in [4.69, 9.17) is 21.7 Å². The minimum atomic E-state index is -0.325. The zero-order valence-corrected chi connectivity index (χ0v) is 14.9. The average molecular weight is 337 g/mol. The lowest BCUT2D eigenvalue weighted by Gasteiger charge is -2.30. The van der Waals surface area contributed by atoms with Gasteiger partial charge in [-0.3, -0.25) is 9.69 Å². The first-order chi connectivity index (χ1) is 10.3. The second-order valence-electron chi connectivity index (χ2n) is 5.80. The summed E-state index contributed by atoms with van der Waals surface area (Å²) in [6, 6.07) is 5.53. The third-order valence-corrected chi connectivity index (χ3v) is 4.47. The van der Waals surface area contributed by atoms with E-state index < -0.39 is 0 Å². The molecule has 0 saturated carbocycles. The molecular weight excluding hydrogens is 318 g/mol. The van der Waals surface area contributed by atoms with Crippen LogP contribution in [0.3, 0.4) is 0 Å². The van der Waals surface area contributed by atoms with Crippen LogP contribution >= 0.6 is 24.0 Å². The molecule has 0 aromatic heterocycles. The van der Waals surface area contributed by atoms with Gasteiger partial charge < -0.3 is 9.47 Å². The van der Waals surface area contributed by atoms with Gasteiger partial charge in [0.05, 0.1) is 19.1 Å². The molecule has 0 bridgehead atoms. The number of methoxy groups -OCH3 is 2. The van der Waals surface area contributed by atoms with Crippen molar-refractivity contribution in [3.63, 3.8) is 0 Å². The zero-order chi connectivity index (χ0) is 16.5. The Hall–Kier alpha value is -1.53. The molecule has 0 atom stereocenters. The van der Waals surface area contributed by atoms with Crippen molar-refractivity contribution >= 4 is 40.3 Å². The topological polar surface area (TPSA) is 38.8 Å². The van der Waals surface area contributed by atoms with E-state index in [1.165, 1.54) is 11.8 Å². The molecule has 0 spiro atoms. The number of thioether (sulfide) groups is 1. The van der Waals surface area contributed by atoms with Gasteiger partial charge in [0, 0.05) is 5.54 Å². The predicted octanol–water partition coefficient (Wildman–Crippen LogP) is 3.70. The Labute approximate surface area is 140 Å². The van der Waals surface area contributed by atoms with E-state index >= 15 is 0 Å². The summed E-state index contributed by atoms with van der Waals surface area (Å²) in [5, 5.41) is 0. The van der Waals surface area contributed by atoms with E-state index in [0.717, 1.165) is 5.56 Å². The number of carbonyl (C=O) groups excluding carboxylic acids is 1. The first-order valence-electron chi connectivity index (χ1n) is 6.78. The van der Waals surface area contributed by atoms with Crippen LogP contribution in [-0.2, 0) is 4.79 Å². The lowest BCUT2D eigenvalue weighted by molar-refractivity contribution is -0.125. The molecule has 1 amide bonds. The van der Waals surface area contributed by atoms with Gasteiger partial charge in [-0.1, -0.05) is 30.0 Å². The summed E-state index contributed by atoms with van der Waals surface area (Å²) in [5.74, 6) is 1.22. The van der Waals surface area contributed by atoms with Gasteiger partial charge in [0.1, 0.15) is 4.32 Å². The van der Waals surface area contributed by atoms with E-state index in [1.54, 1.807) is 19.1 Å². The van der Waals surface area contributed by atoms with Crippen molar-refractivity contribution in [1.29, 1.82) is 0 Å². The van der Waals surface area contributed by atoms with Crippen molar-refractivity contribution in [2.75, 3.05) is 14.2 Å². The van der Waals surface area contributed by atoms with Crippen LogP contribution in [-0.4, -0.2) is 34.9 Å². The number of carbonyl (C=O) groups is 1. The van der Waals surface area contributed by atoms with Gasteiger partial charge in [0.15, 0.2) is 11.5 Å². The van der Waals surface area contributed by atoms with E-state index in [0.29, 0.717) is 20.7 Å². The van der Waals surface area contributed by atoms with Gasteiger partial charge >= 0.3 is 0 Å². The molecule has 0 unspecified atom stereocenters. The third kappa shape index (κ3) is 3.28. The highest BCUT2D eigenvalue weighted by molar-refractivity contribution is 8.26. The minimum Gasteiger partial charge on any atom is -0.493 e. The second-order valence-corrected chi connectivity index (χ2v) is 7.48. The molecule has 1 fully saturated rings. The number of rotatable bonds is 3. The van der Waals surface area contributed by atoms with Crippen LogP contribution < -0.4 is 9.47 Å². The Kier molecular flexibility index (Phi) is 4.82. The molecule has 0 aliphatic carbocycles. The summed E-state index contributed by atoms with van der Waals surface area (Å²) >= 11 is 6.65. The van der Waals surface area contributed by atoms with Crippen LogP contribution in [0.4, 0.5) is 0 Å². The van der Waals surface area contributed by atoms with Crippen LogP contribution in [0, 0.1) is 0 Å². The molecular formula is C16H19NO3S2. The molecule has 0 N–H and O–H groups in total. The van der Waals surface area contributed by atoms with Crippen molar-refractivity contribution in [3.8, 4) is 11.5 Å². The van der Waals surface area contributed by atoms with Crippen LogP contribution in [0.25, 0.3) is 6.08 Å². The SMILES string of the molecule is COc1ccc(/C=C2/SC(=S)N(C(C)(C)C)C2=O)cc1OC. The lowest BCUT2D eigenvalue weighted by atomic mass is 10.1. The third-order valence-electron chi connectivity index (χ3n) is 3.17. The highest BCUT2D eigenvalue weighted by Gasteiger charge is 2.38. The summed E-state index contributed by atoms with van der Waals surface area (Å²) in [7, 11) is 3.17. The fraction of sp³-hybridized carbons (Fsp3) is 0.375. The molecule has 1 aromatic carbocycles. The van der Waals surface area contributed by atoms with Gasteiger partial charge in [0.2, 0.25) is 0 Å². The van der Waals surface area contributed by atoms with Gasteiger partial charge in [-0.15, -0.1) is 0 Å². The van der Waals surface area contributed by atoms with E-state index in [-0.39, 0.29) is 11.4 Å². The van der Waals surface area contributed by atoms with Gasteiger partial charge in [0.25, 0.3) is 5.91 Å². The molecule has 118 valence electrons. The fourth-order valence-corrected chi connectivity index (χ4v) is 3.78. The summed E-state index contributed by atoms with van der Waals surface area (Å²) in [4.78, 5) is 14.8. The van der Waals surface area contributed by atoms with E-state index in [1.807, 2.05) is 45.0 Å². The van der Waals surface area contributed by atoms with Gasteiger partial charge in [-0.05, 0) is 44.5 Å². The van der Waals surface area contributed by atoms with Crippen molar-refractivity contribution in [2.45, 2.75) is 26.3 Å². The summed E-state index contributed by atoms with van der Waals surface area (Å²) < 4.78 is 11.1. The molecule has 1 heterocycles. The largest absolute Gasteiger partial charge is 0.493 e. The number of hydrogen-bond donors (Lipinski definition) is 0. The molecule has 0 radical (unpaired) electrons. The van der Waals surface area contributed by atoms with E-state index in [9.17, 15) is 4.79 Å². The Bertz CT molecular complexity index is 647. The number of nitrogens with zero attached hydrogens (tertiary/aromatic N) is 1. The fourth-order valence-electron chi connectivity index (χ4n) is 2.14. The van der Waals surface area contributed by atoms with Gasteiger partial charge in [-0.2, -0.15) is 0 Å². The maximum Gasteiger partial charge on any atom is 0.266 e. The molecule has 4 nitrogen and oxygen atoms in total. The molecule has 6 heteroatoms. The van der Waals surface area contributed by atoms with Crippen molar-refractivity contribution in [3.05, 3.63) is 28.7 Å². The normalized spacial score (nSPS) is 17.3. The summed E-state index contributed by atoms with van der Waals surface area (Å²) in [5.41, 5.74) is 0.543. The predicted molar refractivity (Wildman–Crippen MR) is 94.3 cm³/mol. The summed E-state index contributed by atoms with van der Waals surface area (Å²) in [6.07, 6.45) is 1.83. The lowest BCUT2D eigenvalue weighted by Crippen LogP contribution is -2.44. The summed E-state index contributed by atoms with van der Waals surface area (Å²) in [6.45, 7) is 5.91. The Balaban J connectivity index is 2.35. The quantitative estimate of drug-likeness (QED) is 0.621. The minimum absolute atomic E-state index is 0.0581. The first-order valence-corrected chi connectivity index (χ1v) is 8.00. The number of benzene rings is 1. The molecule has 1 aliphatic heterocycles. The molecule has 2 rings (SSSR count). The monoisotopic (exact) mass is 337 g/mol. The number of thiocarbonyl (C=S) groups is 1. The van der Waals surface area contributed by atoms with E-state index in [2.05, 4.69) is 0 Å². The Morgan fingerprint density at radius 1 is 1.18 bits per heavy atom. The first kappa shape index (κ1) is 16.8. The standard InChI is InChI=1S/C16H19NO3S2/c1-16(2,3)17-14(18)13(22-15(17)21)9-10-6-7-11(19-4)12(8-10)20-5/h6-9H,1-5H3/b13-9+. The van der Waals surface area contributed by atoms with Crippen molar-refractivity contribution in [1.82, 2.24) is 4.90 Å². The van der Waals surface area contributed by atoms with Crippen LogP contribution in [0.15, 0.2) is 23.1 Å². The Morgan fingerprint density at radius 3 is 2.32 bits per heavy atom. The van der Waals surface area contributed by atoms with Crippen LogP contribution in [0.2, 0.25) is 0 Å². The maximum absolute atomic E-state index is 12.5. The number of amides is 1. The average Bonchev–Trinajstić information content (AvgIpc) is 2.72. The highest BCUT2D eigenvalue weighted by Crippen LogP contribution is 2.37. The zero-order valence-electron chi connectivity index (χ0n) is 13.3. The van der Waals surface area contributed by atoms with Crippen molar-refractivity contribution in [2.24, 2.45) is 0 Å². The highest BCUT2D eigenvalue weighted by atomic mass is 32.2. The number of ether oxygens (including phenoxy) is 2. The molecule has 22 heavy (non-hydrogen) atoms. The second kappa shape index (κ2) is 6.30. The van der Waals surface area contributed by atoms with Crippen LogP contribution in [0.5, 0.6) is 11.5 Å². The van der Waals surface area contributed by atoms with Gasteiger partial charge in [-0.25, -0.2) is 0 Å². The molecule has 1 aromatic rings. The Morgan fingerprint density at radius 2 is 1.82 bits per heavy atom.